The third kappa shape index (κ3) is 5.03. The molecule has 2 aromatic carbocycles. The van der Waals surface area contributed by atoms with Gasteiger partial charge < -0.3 is 5.11 Å². The van der Waals surface area contributed by atoms with E-state index in [-0.39, 0.29) is 6.61 Å². The van der Waals surface area contributed by atoms with E-state index in [1.807, 2.05) is 12.1 Å². The Labute approximate surface area is 136 Å². The van der Waals surface area contributed by atoms with Gasteiger partial charge in [0.1, 0.15) is 0 Å². The molecule has 0 heterocycles. The topological polar surface area (TPSA) is 20.2 Å². The van der Waals surface area contributed by atoms with Gasteiger partial charge in [-0.05, 0) is 60.1 Å². The zero-order valence-electron chi connectivity index (χ0n) is 12.2. The molecule has 1 N–H and O–H groups in total. The number of halogens is 2. The van der Waals surface area contributed by atoms with Crippen molar-refractivity contribution >= 4 is 23.2 Å². The highest BCUT2D eigenvalue weighted by Crippen LogP contribution is 2.27. The number of aliphatic hydroxyl groups is 1. The maximum Gasteiger partial charge on any atom is 0.0456 e. The number of benzene rings is 2. The molecule has 1 atom stereocenters. The van der Waals surface area contributed by atoms with E-state index in [0.29, 0.717) is 16.0 Å². The molecule has 0 saturated heterocycles. The number of rotatable bonds is 6. The van der Waals surface area contributed by atoms with Crippen LogP contribution in [0.15, 0.2) is 42.5 Å². The summed E-state index contributed by atoms with van der Waals surface area (Å²) in [6.45, 7) is 2.35. The van der Waals surface area contributed by atoms with Gasteiger partial charge in [-0.3, -0.25) is 0 Å². The predicted octanol–water partition coefficient (Wildman–Crippen LogP) is 5.61. The fourth-order valence-corrected chi connectivity index (χ4v) is 2.86. The molecule has 0 unspecified atom stereocenters. The molecule has 21 heavy (non-hydrogen) atoms. The quantitative estimate of drug-likeness (QED) is 0.732. The monoisotopic (exact) mass is 322 g/mol. The van der Waals surface area contributed by atoms with Crippen LogP contribution in [0.5, 0.6) is 0 Å². The third-order valence-electron chi connectivity index (χ3n) is 3.62. The first kappa shape index (κ1) is 16.4. The van der Waals surface area contributed by atoms with Gasteiger partial charge in [-0.1, -0.05) is 54.4 Å². The van der Waals surface area contributed by atoms with Gasteiger partial charge in [0.25, 0.3) is 0 Å². The summed E-state index contributed by atoms with van der Waals surface area (Å²) in [5.41, 5.74) is 3.47. The van der Waals surface area contributed by atoms with Crippen LogP contribution in [-0.4, -0.2) is 11.7 Å². The second-order valence-electron chi connectivity index (χ2n) is 5.54. The van der Waals surface area contributed by atoms with Crippen molar-refractivity contribution in [2.75, 3.05) is 6.61 Å². The zero-order valence-corrected chi connectivity index (χ0v) is 13.7. The van der Waals surface area contributed by atoms with Crippen LogP contribution in [0.25, 0.3) is 11.1 Å². The third-order valence-corrected chi connectivity index (χ3v) is 4.06. The summed E-state index contributed by atoms with van der Waals surface area (Å²) in [7, 11) is 0. The summed E-state index contributed by atoms with van der Waals surface area (Å²) < 4.78 is 0. The number of aryl methyl sites for hydroxylation is 1. The van der Waals surface area contributed by atoms with E-state index in [9.17, 15) is 0 Å². The molecule has 0 amide bonds. The van der Waals surface area contributed by atoms with Crippen LogP contribution >= 0.6 is 23.2 Å². The smallest absolute Gasteiger partial charge is 0.0456 e. The molecule has 0 saturated carbocycles. The Kier molecular flexibility index (Phi) is 6.10. The Balaban J connectivity index is 2.01. The number of aliphatic hydroxyl groups excluding tert-OH is 1. The van der Waals surface area contributed by atoms with E-state index >= 15 is 0 Å². The summed E-state index contributed by atoms with van der Waals surface area (Å²) >= 11 is 12.1. The summed E-state index contributed by atoms with van der Waals surface area (Å²) in [6.07, 6.45) is 3.20. The molecule has 1 nitrogen and oxygen atoms in total. The lowest BCUT2D eigenvalue weighted by atomic mass is 9.99. The van der Waals surface area contributed by atoms with Crippen molar-refractivity contribution in [2.45, 2.75) is 26.2 Å². The zero-order chi connectivity index (χ0) is 15.2. The van der Waals surface area contributed by atoms with Crippen molar-refractivity contribution in [3.05, 3.63) is 58.1 Å². The lowest BCUT2D eigenvalue weighted by Crippen LogP contribution is -2.00. The lowest BCUT2D eigenvalue weighted by molar-refractivity contribution is 0.228. The van der Waals surface area contributed by atoms with E-state index in [2.05, 4.69) is 31.2 Å². The van der Waals surface area contributed by atoms with Gasteiger partial charge in [-0.15, -0.1) is 0 Å². The minimum atomic E-state index is 0.272. The van der Waals surface area contributed by atoms with E-state index in [1.165, 1.54) is 5.56 Å². The standard InChI is InChI=1S/C18H20Cl2O/c1-13(12-21)3-2-4-14-5-7-15(8-6-14)16-9-17(19)11-18(20)10-16/h5-11,13,21H,2-4,12H2,1H3/t13-/m1/s1. The molecule has 112 valence electrons. The molecule has 0 aliphatic rings. The Morgan fingerprint density at radius 1 is 0.952 bits per heavy atom. The number of hydrogen-bond donors (Lipinski definition) is 1. The van der Waals surface area contributed by atoms with Gasteiger partial charge in [0.2, 0.25) is 0 Å². The van der Waals surface area contributed by atoms with Crippen molar-refractivity contribution in [2.24, 2.45) is 5.92 Å². The highest BCUT2D eigenvalue weighted by Gasteiger charge is 2.03. The van der Waals surface area contributed by atoms with Gasteiger partial charge in [0.05, 0.1) is 0 Å². The molecule has 2 rings (SSSR count). The highest BCUT2D eigenvalue weighted by atomic mass is 35.5. The van der Waals surface area contributed by atoms with E-state index in [1.54, 1.807) is 6.07 Å². The molecular formula is C18H20Cl2O. The predicted molar refractivity (Wildman–Crippen MR) is 91.1 cm³/mol. The minimum Gasteiger partial charge on any atom is -0.396 e. The van der Waals surface area contributed by atoms with Crippen LogP contribution in [0.1, 0.15) is 25.3 Å². The first-order valence-corrected chi connectivity index (χ1v) is 8.00. The molecule has 0 radical (unpaired) electrons. The lowest BCUT2D eigenvalue weighted by Gasteiger charge is -2.08. The summed E-state index contributed by atoms with van der Waals surface area (Å²) in [5.74, 6) is 0.387. The minimum absolute atomic E-state index is 0.272. The second-order valence-corrected chi connectivity index (χ2v) is 6.41. The first-order chi connectivity index (χ1) is 10.1. The van der Waals surface area contributed by atoms with Crippen LogP contribution in [0, 0.1) is 5.92 Å². The van der Waals surface area contributed by atoms with Crippen LogP contribution in [0.3, 0.4) is 0 Å². The maximum absolute atomic E-state index is 9.02. The van der Waals surface area contributed by atoms with Crippen molar-refractivity contribution in [3.63, 3.8) is 0 Å². The summed E-state index contributed by atoms with van der Waals surface area (Å²) in [4.78, 5) is 0. The molecule has 0 aliphatic heterocycles. The van der Waals surface area contributed by atoms with Gasteiger partial charge in [0, 0.05) is 16.7 Å². The van der Waals surface area contributed by atoms with Crippen LogP contribution < -0.4 is 0 Å². The normalized spacial score (nSPS) is 12.4. The second kappa shape index (κ2) is 7.84. The maximum atomic E-state index is 9.02. The van der Waals surface area contributed by atoms with E-state index in [0.717, 1.165) is 30.4 Å². The van der Waals surface area contributed by atoms with Crippen LogP contribution in [0.4, 0.5) is 0 Å². The van der Waals surface area contributed by atoms with Gasteiger partial charge in [0.15, 0.2) is 0 Å². The summed E-state index contributed by atoms with van der Waals surface area (Å²) in [5, 5.41) is 10.3. The van der Waals surface area contributed by atoms with Gasteiger partial charge in [-0.2, -0.15) is 0 Å². The fraction of sp³-hybridized carbons (Fsp3) is 0.333. The largest absolute Gasteiger partial charge is 0.396 e. The van der Waals surface area contributed by atoms with Crippen LogP contribution in [0.2, 0.25) is 10.0 Å². The van der Waals surface area contributed by atoms with Gasteiger partial charge in [-0.25, -0.2) is 0 Å². The van der Waals surface area contributed by atoms with Crippen molar-refractivity contribution in [3.8, 4) is 11.1 Å². The van der Waals surface area contributed by atoms with Gasteiger partial charge >= 0.3 is 0 Å². The van der Waals surface area contributed by atoms with Crippen LogP contribution in [-0.2, 0) is 6.42 Å². The Bertz CT molecular complexity index is 558. The molecule has 0 fully saturated rings. The molecule has 2 aromatic rings. The molecule has 0 bridgehead atoms. The average molecular weight is 323 g/mol. The molecule has 0 spiro atoms. The highest BCUT2D eigenvalue weighted by molar-refractivity contribution is 6.35. The number of hydrogen-bond acceptors (Lipinski definition) is 1. The Hall–Kier alpha value is -1.02. The molecular weight excluding hydrogens is 303 g/mol. The molecule has 0 aliphatic carbocycles. The SMILES string of the molecule is C[C@@H](CO)CCCc1ccc(-c2cc(Cl)cc(Cl)c2)cc1. The first-order valence-electron chi connectivity index (χ1n) is 7.25. The van der Waals surface area contributed by atoms with E-state index in [4.69, 9.17) is 28.3 Å². The fourth-order valence-electron chi connectivity index (χ4n) is 2.33. The molecule has 0 aromatic heterocycles. The van der Waals surface area contributed by atoms with E-state index < -0.39 is 0 Å². The Morgan fingerprint density at radius 2 is 1.57 bits per heavy atom. The average Bonchev–Trinajstić information content (AvgIpc) is 2.46. The van der Waals surface area contributed by atoms with Crippen molar-refractivity contribution < 1.29 is 5.11 Å². The summed E-state index contributed by atoms with van der Waals surface area (Å²) in [6, 6.07) is 14.1. The Morgan fingerprint density at radius 3 is 2.14 bits per heavy atom. The molecule has 3 heteroatoms. The van der Waals surface area contributed by atoms with Crippen molar-refractivity contribution in [1.82, 2.24) is 0 Å². The van der Waals surface area contributed by atoms with Crippen molar-refractivity contribution in [1.29, 1.82) is 0 Å².